The topological polar surface area (TPSA) is 53.5 Å². The van der Waals surface area contributed by atoms with Crippen molar-refractivity contribution in [2.24, 2.45) is 0 Å². The van der Waals surface area contributed by atoms with Crippen molar-refractivity contribution in [2.45, 2.75) is 0 Å². The summed E-state index contributed by atoms with van der Waals surface area (Å²) in [6, 6.07) is 7.85. The van der Waals surface area contributed by atoms with Crippen LogP contribution in [0.25, 0.3) is 11.3 Å². The first-order chi connectivity index (χ1) is 8.36. The van der Waals surface area contributed by atoms with E-state index >= 15 is 0 Å². The second-order valence-electron chi connectivity index (χ2n) is 3.50. The van der Waals surface area contributed by atoms with E-state index in [1.54, 1.807) is 13.3 Å². The molecular weight excluding hydrogens is 220 g/mol. The van der Waals surface area contributed by atoms with Gasteiger partial charge in [0, 0.05) is 11.8 Å². The van der Waals surface area contributed by atoms with Gasteiger partial charge in [-0.05, 0) is 24.3 Å². The van der Waals surface area contributed by atoms with Crippen LogP contribution >= 0.6 is 0 Å². The third kappa shape index (κ3) is 1.75. The first-order valence-electron chi connectivity index (χ1n) is 5.14. The smallest absolute Gasteiger partial charge is 0.316 e. The second-order valence-corrected chi connectivity index (χ2v) is 3.50. The van der Waals surface area contributed by atoms with Crippen molar-refractivity contribution in [3.8, 4) is 28.8 Å². The Kier molecular flexibility index (Phi) is 2.29. The van der Waals surface area contributed by atoms with Crippen LogP contribution < -0.4 is 14.2 Å². The van der Waals surface area contributed by atoms with Gasteiger partial charge in [-0.3, -0.25) is 0 Å². The molecule has 0 N–H and O–H groups in total. The molecule has 1 aliphatic heterocycles. The van der Waals surface area contributed by atoms with E-state index in [-0.39, 0.29) is 6.79 Å². The molecule has 0 saturated carbocycles. The van der Waals surface area contributed by atoms with Crippen molar-refractivity contribution < 1.29 is 14.2 Å². The second kappa shape index (κ2) is 3.93. The van der Waals surface area contributed by atoms with Crippen LogP contribution in [0.1, 0.15) is 0 Å². The van der Waals surface area contributed by atoms with E-state index in [9.17, 15) is 0 Å². The Bertz CT molecular complexity index is 557. The Morgan fingerprint density at radius 1 is 1.18 bits per heavy atom. The van der Waals surface area contributed by atoms with Gasteiger partial charge in [0.2, 0.25) is 6.79 Å². The molecule has 1 aromatic carbocycles. The average molecular weight is 230 g/mol. The fraction of sp³-hybridized carbons (Fsp3) is 0.167. The van der Waals surface area contributed by atoms with Gasteiger partial charge < -0.3 is 14.2 Å². The molecule has 2 aromatic rings. The number of rotatable bonds is 2. The van der Waals surface area contributed by atoms with E-state index in [0.717, 1.165) is 22.8 Å². The molecule has 0 atom stereocenters. The molecule has 2 heterocycles. The summed E-state index contributed by atoms with van der Waals surface area (Å²) in [5, 5.41) is 0. The van der Waals surface area contributed by atoms with Crippen LogP contribution in [0.4, 0.5) is 0 Å². The number of hydrogen-bond acceptors (Lipinski definition) is 5. The molecule has 0 radical (unpaired) electrons. The van der Waals surface area contributed by atoms with E-state index in [1.807, 2.05) is 24.3 Å². The summed E-state index contributed by atoms with van der Waals surface area (Å²) in [6.45, 7) is 0.270. The van der Waals surface area contributed by atoms with Crippen LogP contribution in [0, 0.1) is 0 Å². The Morgan fingerprint density at radius 3 is 2.94 bits per heavy atom. The summed E-state index contributed by atoms with van der Waals surface area (Å²) < 4.78 is 15.6. The zero-order valence-electron chi connectivity index (χ0n) is 9.21. The fourth-order valence-corrected chi connectivity index (χ4v) is 1.66. The summed E-state index contributed by atoms with van der Waals surface area (Å²) in [4.78, 5) is 8.22. The van der Waals surface area contributed by atoms with E-state index in [4.69, 9.17) is 14.2 Å². The highest BCUT2D eigenvalue weighted by molar-refractivity contribution is 5.64. The highest BCUT2D eigenvalue weighted by Crippen LogP contribution is 2.35. The van der Waals surface area contributed by atoms with E-state index < -0.39 is 0 Å². The Morgan fingerprint density at radius 2 is 2.06 bits per heavy atom. The SMILES string of the molecule is COc1nccc(-c2ccc3c(c2)OCO3)n1. The maximum Gasteiger partial charge on any atom is 0.316 e. The maximum atomic E-state index is 5.32. The third-order valence-corrected chi connectivity index (χ3v) is 2.48. The van der Waals surface area contributed by atoms with Crippen LogP contribution in [0.15, 0.2) is 30.5 Å². The number of aromatic nitrogens is 2. The molecule has 1 aromatic heterocycles. The van der Waals surface area contributed by atoms with Gasteiger partial charge in [0.15, 0.2) is 11.5 Å². The van der Waals surface area contributed by atoms with Crippen LogP contribution in [-0.2, 0) is 0 Å². The molecule has 5 nitrogen and oxygen atoms in total. The van der Waals surface area contributed by atoms with Crippen LogP contribution in [0.3, 0.4) is 0 Å². The normalized spacial score (nSPS) is 12.5. The molecule has 0 saturated heterocycles. The molecular formula is C12H10N2O3. The fourth-order valence-electron chi connectivity index (χ4n) is 1.66. The lowest BCUT2D eigenvalue weighted by Gasteiger charge is -2.03. The van der Waals surface area contributed by atoms with E-state index in [2.05, 4.69) is 9.97 Å². The molecule has 0 bridgehead atoms. The van der Waals surface area contributed by atoms with Crippen molar-refractivity contribution in [1.29, 1.82) is 0 Å². The third-order valence-electron chi connectivity index (χ3n) is 2.48. The Balaban J connectivity index is 2.03. The lowest BCUT2D eigenvalue weighted by molar-refractivity contribution is 0.174. The van der Waals surface area contributed by atoms with Crippen LogP contribution in [0.2, 0.25) is 0 Å². The molecule has 0 unspecified atom stereocenters. The van der Waals surface area contributed by atoms with Crippen molar-refractivity contribution in [3.05, 3.63) is 30.5 Å². The lowest BCUT2D eigenvalue weighted by Crippen LogP contribution is -1.93. The summed E-state index contributed by atoms with van der Waals surface area (Å²) in [6.07, 6.45) is 1.66. The summed E-state index contributed by atoms with van der Waals surface area (Å²) in [5.41, 5.74) is 1.73. The molecule has 0 fully saturated rings. The number of hydrogen-bond donors (Lipinski definition) is 0. The minimum Gasteiger partial charge on any atom is -0.467 e. The summed E-state index contributed by atoms with van der Waals surface area (Å²) in [7, 11) is 1.54. The predicted octanol–water partition coefficient (Wildman–Crippen LogP) is 1.88. The minimum atomic E-state index is 0.270. The number of benzene rings is 1. The Hall–Kier alpha value is -2.30. The number of ether oxygens (including phenoxy) is 3. The zero-order chi connectivity index (χ0) is 11.7. The highest BCUT2D eigenvalue weighted by atomic mass is 16.7. The molecule has 1 aliphatic rings. The average Bonchev–Trinajstić information content (AvgIpc) is 2.86. The number of methoxy groups -OCH3 is 1. The van der Waals surface area contributed by atoms with Crippen LogP contribution in [0.5, 0.6) is 17.5 Å². The van der Waals surface area contributed by atoms with E-state index in [1.165, 1.54) is 0 Å². The summed E-state index contributed by atoms with van der Waals surface area (Å²) in [5.74, 6) is 1.50. The highest BCUT2D eigenvalue weighted by Gasteiger charge is 2.14. The van der Waals surface area contributed by atoms with Crippen molar-refractivity contribution in [3.63, 3.8) is 0 Å². The molecule has 0 spiro atoms. The standard InChI is InChI=1S/C12H10N2O3/c1-15-12-13-5-4-9(14-12)8-2-3-10-11(6-8)17-7-16-10/h2-6H,7H2,1H3. The van der Waals surface area contributed by atoms with Gasteiger partial charge >= 0.3 is 6.01 Å². The zero-order valence-corrected chi connectivity index (χ0v) is 9.21. The van der Waals surface area contributed by atoms with Crippen molar-refractivity contribution >= 4 is 0 Å². The monoisotopic (exact) mass is 230 g/mol. The predicted molar refractivity (Wildman–Crippen MR) is 60.1 cm³/mol. The molecule has 17 heavy (non-hydrogen) atoms. The molecule has 0 amide bonds. The number of nitrogens with zero attached hydrogens (tertiary/aromatic N) is 2. The van der Waals surface area contributed by atoms with Crippen molar-refractivity contribution in [2.75, 3.05) is 13.9 Å². The van der Waals surface area contributed by atoms with Crippen LogP contribution in [-0.4, -0.2) is 23.9 Å². The first kappa shape index (κ1) is 9.89. The summed E-state index contributed by atoms with van der Waals surface area (Å²) >= 11 is 0. The quantitative estimate of drug-likeness (QED) is 0.788. The van der Waals surface area contributed by atoms with Gasteiger partial charge in [-0.2, -0.15) is 4.98 Å². The maximum absolute atomic E-state index is 5.32. The van der Waals surface area contributed by atoms with Gasteiger partial charge in [0.1, 0.15) is 0 Å². The molecule has 5 heteroatoms. The van der Waals surface area contributed by atoms with Gasteiger partial charge in [-0.1, -0.05) is 0 Å². The first-order valence-corrected chi connectivity index (χ1v) is 5.14. The van der Waals surface area contributed by atoms with Gasteiger partial charge in [-0.25, -0.2) is 4.98 Å². The van der Waals surface area contributed by atoms with E-state index in [0.29, 0.717) is 6.01 Å². The van der Waals surface area contributed by atoms with Gasteiger partial charge in [-0.15, -0.1) is 0 Å². The van der Waals surface area contributed by atoms with Gasteiger partial charge in [0.25, 0.3) is 0 Å². The largest absolute Gasteiger partial charge is 0.467 e. The van der Waals surface area contributed by atoms with Gasteiger partial charge in [0.05, 0.1) is 12.8 Å². The molecule has 0 aliphatic carbocycles. The lowest BCUT2D eigenvalue weighted by atomic mass is 10.1. The number of fused-ring (bicyclic) bond motifs is 1. The van der Waals surface area contributed by atoms with Crippen molar-refractivity contribution in [1.82, 2.24) is 9.97 Å². The Labute approximate surface area is 98.0 Å². The molecule has 86 valence electrons. The molecule has 3 rings (SSSR count). The minimum absolute atomic E-state index is 0.270.